The first-order valence-corrected chi connectivity index (χ1v) is 9.92. The maximum atomic E-state index is 12.6. The van der Waals surface area contributed by atoms with Gasteiger partial charge in [0.25, 0.3) is 16.8 Å². The Balaban J connectivity index is 1.44. The van der Waals surface area contributed by atoms with Crippen LogP contribution in [0.15, 0.2) is 47.4 Å². The minimum absolute atomic E-state index is 0.0811. The Kier molecular flexibility index (Phi) is 5.58. The van der Waals surface area contributed by atoms with Gasteiger partial charge < -0.3 is 14.8 Å². The fraction of sp³-hybridized carbons (Fsp3) is 0.150. The zero-order valence-electron chi connectivity index (χ0n) is 15.9. The second kappa shape index (κ2) is 8.48. The van der Waals surface area contributed by atoms with Crippen LogP contribution in [0.3, 0.4) is 0 Å². The zero-order valence-corrected chi connectivity index (χ0v) is 16.7. The lowest BCUT2D eigenvalue weighted by atomic mass is 10.2. The summed E-state index contributed by atoms with van der Waals surface area (Å²) >= 11 is 0.670. The van der Waals surface area contributed by atoms with E-state index in [0.29, 0.717) is 47.7 Å². The normalized spacial score (nSPS) is 16.5. The number of thioether (sulfide) groups is 1. The Morgan fingerprint density at radius 2 is 1.94 bits per heavy atom. The van der Waals surface area contributed by atoms with E-state index in [0.717, 1.165) is 4.90 Å². The minimum atomic E-state index is -0.640. The molecule has 0 unspecified atom stereocenters. The van der Waals surface area contributed by atoms with Crippen molar-refractivity contribution in [1.82, 2.24) is 4.90 Å². The SMILES string of the molecule is O=C(CN1C(=O)S/C(=C/c2cccc([N+](=O)[O-])c2)C1=O)Nc1ccc2c(c1)OCCO2. The summed E-state index contributed by atoms with van der Waals surface area (Å²) in [5.74, 6) is -0.133. The van der Waals surface area contributed by atoms with Gasteiger partial charge in [0.1, 0.15) is 19.8 Å². The molecule has 0 aromatic heterocycles. The largest absolute Gasteiger partial charge is 0.486 e. The third kappa shape index (κ3) is 4.51. The van der Waals surface area contributed by atoms with Crippen molar-refractivity contribution in [3.05, 3.63) is 63.0 Å². The van der Waals surface area contributed by atoms with E-state index in [1.165, 1.54) is 24.3 Å². The van der Waals surface area contributed by atoms with Gasteiger partial charge in [-0.15, -0.1) is 0 Å². The molecular weight excluding hydrogens is 426 g/mol. The standard InChI is InChI=1S/C20H15N3O7S/c24-18(21-13-4-5-15-16(10-13)30-7-6-29-15)11-22-19(25)17(31-20(22)26)9-12-2-1-3-14(8-12)23(27)28/h1-5,8-10H,6-7,11H2,(H,21,24)/b17-9+. The molecule has 1 saturated heterocycles. The number of carbonyl (C=O) groups excluding carboxylic acids is 3. The summed E-state index contributed by atoms with van der Waals surface area (Å²) in [5.41, 5.74) is 0.709. The maximum Gasteiger partial charge on any atom is 0.294 e. The molecule has 2 aromatic rings. The highest BCUT2D eigenvalue weighted by atomic mass is 32.2. The summed E-state index contributed by atoms with van der Waals surface area (Å²) in [6.45, 7) is 0.380. The number of rotatable bonds is 5. The lowest BCUT2D eigenvalue weighted by molar-refractivity contribution is -0.384. The van der Waals surface area contributed by atoms with Crippen LogP contribution in [0, 0.1) is 10.1 Å². The van der Waals surface area contributed by atoms with Gasteiger partial charge >= 0.3 is 0 Å². The number of carbonyl (C=O) groups is 3. The molecule has 4 rings (SSSR count). The average molecular weight is 441 g/mol. The molecule has 0 saturated carbocycles. The van der Waals surface area contributed by atoms with Gasteiger partial charge in [-0.25, -0.2) is 0 Å². The van der Waals surface area contributed by atoms with Crippen molar-refractivity contribution in [3.63, 3.8) is 0 Å². The first-order valence-electron chi connectivity index (χ1n) is 9.10. The van der Waals surface area contributed by atoms with E-state index in [9.17, 15) is 24.5 Å². The smallest absolute Gasteiger partial charge is 0.294 e. The first kappa shape index (κ1) is 20.4. The van der Waals surface area contributed by atoms with Gasteiger partial charge in [-0.1, -0.05) is 12.1 Å². The van der Waals surface area contributed by atoms with Gasteiger partial charge in [0.05, 0.1) is 9.83 Å². The predicted octanol–water partition coefficient (Wildman–Crippen LogP) is 3.04. The highest BCUT2D eigenvalue weighted by Gasteiger charge is 2.36. The topological polar surface area (TPSA) is 128 Å². The van der Waals surface area contributed by atoms with Gasteiger partial charge in [0.15, 0.2) is 11.5 Å². The predicted molar refractivity (Wildman–Crippen MR) is 112 cm³/mol. The van der Waals surface area contributed by atoms with E-state index in [1.807, 2.05) is 0 Å². The summed E-state index contributed by atoms with van der Waals surface area (Å²) in [5, 5.41) is 12.9. The van der Waals surface area contributed by atoms with Gasteiger partial charge in [0, 0.05) is 23.9 Å². The summed E-state index contributed by atoms with van der Waals surface area (Å²) < 4.78 is 10.9. The molecule has 10 nitrogen and oxygen atoms in total. The molecule has 2 heterocycles. The molecule has 3 amide bonds. The number of benzene rings is 2. The van der Waals surface area contributed by atoms with E-state index in [-0.39, 0.29) is 10.6 Å². The van der Waals surface area contributed by atoms with Crippen LogP contribution in [0.4, 0.5) is 16.2 Å². The molecule has 2 aromatic carbocycles. The Morgan fingerprint density at radius 3 is 2.71 bits per heavy atom. The number of ether oxygens (including phenoxy) is 2. The Morgan fingerprint density at radius 1 is 1.16 bits per heavy atom. The van der Waals surface area contributed by atoms with Crippen LogP contribution in [-0.2, 0) is 9.59 Å². The van der Waals surface area contributed by atoms with Gasteiger partial charge in [-0.2, -0.15) is 0 Å². The molecule has 1 fully saturated rings. The summed E-state index contributed by atoms with van der Waals surface area (Å²) in [4.78, 5) is 48.5. The number of nitrogens with zero attached hydrogens (tertiary/aromatic N) is 2. The van der Waals surface area contributed by atoms with Crippen molar-refractivity contribution in [2.24, 2.45) is 0 Å². The van der Waals surface area contributed by atoms with Crippen LogP contribution in [0.2, 0.25) is 0 Å². The number of fused-ring (bicyclic) bond motifs is 1. The van der Waals surface area contributed by atoms with Crippen LogP contribution in [0.25, 0.3) is 6.08 Å². The molecule has 0 atom stereocenters. The highest BCUT2D eigenvalue weighted by molar-refractivity contribution is 8.18. The second-order valence-electron chi connectivity index (χ2n) is 6.53. The average Bonchev–Trinajstić information content (AvgIpc) is 3.01. The number of non-ortho nitro benzene ring substituents is 1. The molecule has 1 N–H and O–H groups in total. The third-order valence-electron chi connectivity index (χ3n) is 4.38. The Hall–Kier alpha value is -3.86. The van der Waals surface area contributed by atoms with E-state index >= 15 is 0 Å². The fourth-order valence-corrected chi connectivity index (χ4v) is 3.82. The van der Waals surface area contributed by atoms with Crippen LogP contribution in [0.1, 0.15) is 5.56 Å². The van der Waals surface area contributed by atoms with Gasteiger partial charge in [0.2, 0.25) is 5.91 Å². The van der Waals surface area contributed by atoms with Crippen LogP contribution in [0.5, 0.6) is 11.5 Å². The number of imide groups is 1. The second-order valence-corrected chi connectivity index (χ2v) is 7.52. The summed E-state index contributed by atoms with van der Waals surface area (Å²) in [6.07, 6.45) is 1.39. The molecule has 0 spiro atoms. The highest BCUT2D eigenvalue weighted by Crippen LogP contribution is 2.34. The number of amides is 3. The molecule has 2 aliphatic rings. The molecule has 31 heavy (non-hydrogen) atoms. The number of hydrogen-bond donors (Lipinski definition) is 1. The summed E-state index contributed by atoms with van der Waals surface area (Å²) in [6, 6.07) is 10.6. The lowest BCUT2D eigenvalue weighted by Gasteiger charge is -2.19. The van der Waals surface area contributed by atoms with Gasteiger partial charge in [-0.05, 0) is 35.5 Å². The van der Waals surface area contributed by atoms with E-state index < -0.39 is 28.5 Å². The van der Waals surface area contributed by atoms with Gasteiger partial charge in [-0.3, -0.25) is 29.4 Å². The third-order valence-corrected chi connectivity index (χ3v) is 5.29. The molecule has 11 heteroatoms. The zero-order chi connectivity index (χ0) is 22.0. The minimum Gasteiger partial charge on any atom is -0.486 e. The molecule has 0 aliphatic carbocycles. The fourth-order valence-electron chi connectivity index (χ4n) is 2.98. The molecular formula is C20H15N3O7S. The number of hydrogen-bond acceptors (Lipinski definition) is 8. The quantitative estimate of drug-likeness (QED) is 0.426. The van der Waals surface area contributed by atoms with E-state index in [4.69, 9.17) is 9.47 Å². The van der Waals surface area contributed by atoms with Crippen LogP contribution < -0.4 is 14.8 Å². The van der Waals surface area contributed by atoms with Crippen molar-refractivity contribution >= 4 is 46.3 Å². The van der Waals surface area contributed by atoms with Crippen molar-refractivity contribution in [2.45, 2.75) is 0 Å². The lowest BCUT2D eigenvalue weighted by Crippen LogP contribution is -2.36. The number of nitro groups is 1. The Labute approximate surface area is 180 Å². The van der Waals surface area contributed by atoms with Crippen LogP contribution >= 0.6 is 11.8 Å². The van der Waals surface area contributed by atoms with E-state index in [1.54, 1.807) is 24.3 Å². The number of anilines is 1. The molecule has 0 bridgehead atoms. The van der Waals surface area contributed by atoms with Crippen LogP contribution in [-0.4, -0.2) is 46.6 Å². The van der Waals surface area contributed by atoms with Crippen molar-refractivity contribution < 1.29 is 28.8 Å². The molecule has 158 valence electrons. The first-order chi connectivity index (χ1) is 14.9. The van der Waals surface area contributed by atoms with Crippen molar-refractivity contribution in [2.75, 3.05) is 25.1 Å². The maximum absolute atomic E-state index is 12.6. The molecule has 0 radical (unpaired) electrons. The monoisotopic (exact) mass is 441 g/mol. The van der Waals surface area contributed by atoms with Crippen molar-refractivity contribution in [1.29, 1.82) is 0 Å². The number of nitrogens with one attached hydrogen (secondary N) is 1. The van der Waals surface area contributed by atoms with E-state index in [2.05, 4.69) is 5.32 Å². The summed E-state index contributed by atoms with van der Waals surface area (Å²) in [7, 11) is 0. The Bertz CT molecular complexity index is 1130. The number of nitro benzene ring substituents is 1. The van der Waals surface area contributed by atoms with Crippen molar-refractivity contribution in [3.8, 4) is 11.5 Å². The molecule has 2 aliphatic heterocycles.